The van der Waals surface area contributed by atoms with E-state index in [1.165, 1.54) is 11.3 Å². The fourth-order valence-corrected chi connectivity index (χ4v) is 3.96. The number of rotatable bonds is 5. The molecule has 1 aromatic heterocycles. The maximum atomic E-state index is 10.8. The highest BCUT2D eigenvalue weighted by Gasteiger charge is 2.24. The molecule has 2 aromatic rings. The first kappa shape index (κ1) is 16.5. The molecule has 122 valence electrons. The van der Waals surface area contributed by atoms with Gasteiger partial charge < -0.3 is 10.2 Å². The molecule has 1 aromatic carbocycles. The Hall–Kier alpha value is -1.34. The number of hydrogen-bond acceptors (Lipinski definition) is 5. The van der Waals surface area contributed by atoms with Gasteiger partial charge >= 0.3 is 5.00 Å². The molecule has 23 heavy (non-hydrogen) atoms. The molecule has 0 bridgehead atoms. The molecule has 1 aliphatic rings. The quantitative estimate of drug-likeness (QED) is 0.627. The van der Waals surface area contributed by atoms with Gasteiger partial charge in [0.15, 0.2) is 0 Å². The molecule has 1 fully saturated rings. The lowest BCUT2D eigenvalue weighted by Gasteiger charge is -2.17. The van der Waals surface area contributed by atoms with E-state index in [1.54, 1.807) is 12.1 Å². The molecule has 5 nitrogen and oxygen atoms in total. The number of nitrogens with one attached hydrogen (secondary N) is 1. The molecule has 0 saturated carbocycles. The van der Waals surface area contributed by atoms with Crippen molar-refractivity contribution in [3.05, 3.63) is 56.1 Å². The summed E-state index contributed by atoms with van der Waals surface area (Å²) in [6.07, 6.45) is 0.997. The van der Waals surface area contributed by atoms with Crippen LogP contribution in [0.5, 0.6) is 0 Å². The molecule has 0 unspecified atom stereocenters. The minimum atomic E-state index is -0.345. The maximum absolute atomic E-state index is 10.8. The Kier molecular flexibility index (Phi) is 5.06. The van der Waals surface area contributed by atoms with Crippen LogP contribution in [0, 0.1) is 10.1 Å². The number of halogens is 2. The highest BCUT2D eigenvalue weighted by Crippen LogP contribution is 2.33. The Bertz CT molecular complexity index is 722. The number of hydrogen-bond donors (Lipinski definition) is 1. The summed E-state index contributed by atoms with van der Waals surface area (Å²) < 4.78 is 0. The average Bonchev–Trinajstić information content (AvgIpc) is 3.15. The maximum Gasteiger partial charge on any atom is 0.326 e. The molecule has 0 aliphatic carbocycles. The molecular formula is C15H15Cl2N3O2S. The van der Waals surface area contributed by atoms with E-state index in [1.807, 2.05) is 18.2 Å². The van der Waals surface area contributed by atoms with Crippen LogP contribution in [-0.4, -0.2) is 24.1 Å². The van der Waals surface area contributed by atoms with Crippen molar-refractivity contribution in [2.24, 2.45) is 0 Å². The molecule has 0 spiro atoms. The van der Waals surface area contributed by atoms with Gasteiger partial charge in [-0.15, -0.1) is 0 Å². The highest BCUT2D eigenvalue weighted by molar-refractivity contribution is 7.19. The van der Waals surface area contributed by atoms with Crippen molar-refractivity contribution in [3.8, 4) is 0 Å². The van der Waals surface area contributed by atoms with Crippen molar-refractivity contribution in [1.29, 1.82) is 0 Å². The Morgan fingerprint density at radius 3 is 2.87 bits per heavy atom. The van der Waals surface area contributed by atoms with Gasteiger partial charge in [-0.2, -0.15) is 0 Å². The van der Waals surface area contributed by atoms with E-state index in [0.29, 0.717) is 22.6 Å². The Labute approximate surface area is 148 Å². The van der Waals surface area contributed by atoms with Gasteiger partial charge in [-0.05, 0) is 41.5 Å². The summed E-state index contributed by atoms with van der Waals surface area (Å²) in [7, 11) is 0. The second kappa shape index (κ2) is 7.05. The van der Waals surface area contributed by atoms with Gasteiger partial charge in [0.05, 0.1) is 9.92 Å². The SMILES string of the molecule is O=[N+]([O-])c1ccc(N2CC[C@H](NCc3ccc(Cl)cc3Cl)C2)s1. The highest BCUT2D eigenvalue weighted by atomic mass is 35.5. The van der Waals surface area contributed by atoms with Gasteiger partial charge in [-0.1, -0.05) is 29.3 Å². The average molecular weight is 372 g/mol. The van der Waals surface area contributed by atoms with Crippen LogP contribution >= 0.6 is 34.5 Å². The van der Waals surface area contributed by atoms with Crippen molar-refractivity contribution >= 4 is 44.5 Å². The minimum Gasteiger partial charge on any atom is -0.362 e. The first-order valence-electron chi connectivity index (χ1n) is 7.19. The van der Waals surface area contributed by atoms with Gasteiger partial charge in [0, 0.05) is 41.8 Å². The van der Waals surface area contributed by atoms with Crippen molar-refractivity contribution in [2.75, 3.05) is 18.0 Å². The van der Waals surface area contributed by atoms with Crippen LogP contribution in [0.3, 0.4) is 0 Å². The second-order valence-corrected chi connectivity index (χ2v) is 7.30. The first-order valence-corrected chi connectivity index (χ1v) is 8.76. The third-order valence-corrected chi connectivity index (χ3v) is 5.54. The molecule has 2 heterocycles. The Balaban J connectivity index is 1.56. The fourth-order valence-electron chi connectivity index (χ4n) is 2.63. The van der Waals surface area contributed by atoms with E-state index in [0.717, 1.165) is 30.1 Å². The summed E-state index contributed by atoms with van der Waals surface area (Å²) in [5.74, 6) is 0. The Morgan fingerprint density at radius 2 is 2.17 bits per heavy atom. The summed E-state index contributed by atoms with van der Waals surface area (Å²) in [5.41, 5.74) is 1.02. The summed E-state index contributed by atoms with van der Waals surface area (Å²) in [6, 6.07) is 9.22. The lowest BCUT2D eigenvalue weighted by atomic mass is 10.2. The lowest BCUT2D eigenvalue weighted by molar-refractivity contribution is -0.380. The monoisotopic (exact) mass is 371 g/mol. The zero-order valence-electron chi connectivity index (χ0n) is 12.2. The number of benzene rings is 1. The number of nitro groups is 1. The first-order chi connectivity index (χ1) is 11.0. The number of thiophene rings is 1. The smallest absolute Gasteiger partial charge is 0.326 e. The third-order valence-electron chi connectivity index (χ3n) is 3.85. The van der Waals surface area contributed by atoms with Crippen LogP contribution in [0.15, 0.2) is 30.3 Å². The molecule has 8 heteroatoms. The molecule has 1 atom stereocenters. The van der Waals surface area contributed by atoms with E-state index >= 15 is 0 Å². The zero-order valence-corrected chi connectivity index (χ0v) is 14.5. The van der Waals surface area contributed by atoms with Gasteiger partial charge in [-0.25, -0.2) is 0 Å². The Morgan fingerprint density at radius 1 is 1.35 bits per heavy atom. The summed E-state index contributed by atoms with van der Waals surface area (Å²) in [6.45, 7) is 2.41. The molecule has 0 radical (unpaired) electrons. The molecule has 1 saturated heterocycles. The van der Waals surface area contributed by atoms with Crippen LogP contribution in [0.4, 0.5) is 10.0 Å². The van der Waals surface area contributed by atoms with Gasteiger partial charge in [0.25, 0.3) is 0 Å². The largest absolute Gasteiger partial charge is 0.362 e. The van der Waals surface area contributed by atoms with E-state index in [9.17, 15) is 10.1 Å². The normalized spacial score (nSPS) is 17.7. The van der Waals surface area contributed by atoms with Crippen molar-refractivity contribution in [1.82, 2.24) is 5.32 Å². The molecule has 1 aliphatic heterocycles. The molecule has 0 amide bonds. The molecule has 1 N–H and O–H groups in total. The fraction of sp³-hybridized carbons (Fsp3) is 0.333. The van der Waals surface area contributed by atoms with Crippen LogP contribution in [0.1, 0.15) is 12.0 Å². The predicted octanol–water partition coefficient (Wildman–Crippen LogP) is 4.33. The standard InChI is InChI=1S/C15H15Cl2N3O2S/c16-11-2-1-10(13(17)7-11)8-18-12-5-6-19(9-12)14-3-4-15(23-14)20(21)22/h1-4,7,12,18H,5-6,8-9H2/t12-/m0/s1. The molecular weight excluding hydrogens is 357 g/mol. The van der Waals surface area contributed by atoms with Crippen molar-refractivity contribution < 1.29 is 4.92 Å². The summed E-state index contributed by atoms with van der Waals surface area (Å²) in [5, 5.41) is 16.7. The van der Waals surface area contributed by atoms with Crippen LogP contribution in [0.25, 0.3) is 0 Å². The predicted molar refractivity (Wildman–Crippen MR) is 94.9 cm³/mol. The summed E-state index contributed by atoms with van der Waals surface area (Å²) >= 11 is 13.3. The minimum absolute atomic E-state index is 0.185. The summed E-state index contributed by atoms with van der Waals surface area (Å²) in [4.78, 5) is 12.6. The van der Waals surface area contributed by atoms with Crippen LogP contribution < -0.4 is 10.2 Å². The zero-order chi connectivity index (χ0) is 16.4. The van der Waals surface area contributed by atoms with Crippen LogP contribution in [0.2, 0.25) is 10.0 Å². The van der Waals surface area contributed by atoms with E-state index in [4.69, 9.17) is 23.2 Å². The van der Waals surface area contributed by atoms with E-state index in [-0.39, 0.29) is 9.92 Å². The van der Waals surface area contributed by atoms with Gasteiger partial charge in [0.2, 0.25) is 0 Å². The number of nitrogens with zero attached hydrogens (tertiary/aromatic N) is 2. The third kappa shape index (κ3) is 3.95. The van der Waals surface area contributed by atoms with Gasteiger partial charge in [0.1, 0.15) is 0 Å². The van der Waals surface area contributed by atoms with Crippen molar-refractivity contribution in [2.45, 2.75) is 19.0 Å². The van der Waals surface area contributed by atoms with Crippen LogP contribution in [-0.2, 0) is 6.54 Å². The lowest BCUT2D eigenvalue weighted by Crippen LogP contribution is -2.31. The topological polar surface area (TPSA) is 58.4 Å². The number of anilines is 1. The van der Waals surface area contributed by atoms with Crippen molar-refractivity contribution in [3.63, 3.8) is 0 Å². The molecule has 3 rings (SSSR count). The second-order valence-electron chi connectivity index (χ2n) is 5.42. The van der Waals surface area contributed by atoms with E-state index < -0.39 is 0 Å². The van der Waals surface area contributed by atoms with Gasteiger partial charge in [-0.3, -0.25) is 10.1 Å². The van der Waals surface area contributed by atoms with E-state index in [2.05, 4.69) is 10.2 Å².